The van der Waals surface area contributed by atoms with Crippen LogP contribution in [0.15, 0.2) is 0 Å². The third-order valence-electron chi connectivity index (χ3n) is 1.40. The van der Waals surface area contributed by atoms with Crippen LogP contribution in [0.25, 0.3) is 0 Å². The number of ether oxygens (including phenoxy) is 1. The van der Waals surface area contributed by atoms with E-state index in [2.05, 4.69) is 10.2 Å². The Morgan fingerprint density at radius 2 is 2.56 bits per heavy atom. The maximum Gasteiger partial charge on any atom is 0.0997 e. The molecule has 0 aromatic rings. The Hall–Kier alpha value is -0.120. The van der Waals surface area contributed by atoms with Crippen molar-refractivity contribution in [3.63, 3.8) is 0 Å². The second kappa shape index (κ2) is 3.82. The number of hydrogen-bond donors (Lipinski definition) is 0. The average Bonchev–Trinajstić information content (AvgIpc) is 1.91. The molecule has 0 saturated carbocycles. The van der Waals surface area contributed by atoms with Crippen LogP contribution in [-0.4, -0.2) is 38.5 Å². The highest BCUT2D eigenvalue weighted by molar-refractivity contribution is 4.59. The summed E-state index contributed by atoms with van der Waals surface area (Å²) in [6, 6.07) is 0. The predicted octanol–water partition coefficient (Wildman–Crippen LogP) is -0.142. The van der Waals surface area contributed by atoms with Gasteiger partial charge in [0.15, 0.2) is 0 Å². The molecule has 9 heavy (non-hydrogen) atoms. The predicted molar refractivity (Wildman–Crippen MR) is 35.1 cm³/mol. The van der Waals surface area contributed by atoms with Crippen molar-refractivity contribution in [2.75, 3.05) is 33.6 Å². The molecule has 0 unspecified atom stereocenters. The highest BCUT2D eigenvalue weighted by Gasteiger charge is 2.07. The third kappa shape index (κ3) is 2.30. The third-order valence-corrected chi connectivity index (χ3v) is 1.40. The molecule has 0 amide bonds. The van der Waals surface area contributed by atoms with E-state index in [1.54, 1.807) is 7.11 Å². The van der Waals surface area contributed by atoms with Crippen LogP contribution in [0, 0.1) is 0 Å². The first-order chi connectivity index (χ1) is 4.43. The second-order valence-electron chi connectivity index (χ2n) is 2.25. The minimum atomic E-state index is 0.726. The van der Waals surface area contributed by atoms with E-state index in [0.29, 0.717) is 0 Å². The molecule has 0 spiro atoms. The molecule has 1 saturated heterocycles. The van der Waals surface area contributed by atoms with E-state index in [0.717, 1.165) is 26.5 Å². The van der Waals surface area contributed by atoms with Crippen LogP contribution in [0.2, 0.25) is 0 Å². The number of nitrogens with zero attached hydrogens (tertiary/aromatic N) is 2. The first-order valence-electron chi connectivity index (χ1n) is 3.28. The van der Waals surface area contributed by atoms with Gasteiger partial charge in [0.1, 0.15) is 0 Å². The first-order valence-corrected chi connectivity index (χ1v) is 3.28. The molecule has 1 radical (unpaired) electrons. The average molecular weight is 129 g/mol. The van der Waals surface area contributed by atoms with Crippen LogP contribution in [0.1, 0.15) is 6.42 Å². The molecule has 0 aromatic heterocycles. The lowest BCUT2D eigenvalue weighted by molar-refractivity contribution is 0.0450. The van der Waals surface area contributed by atoms with Gasteiger partial charge in [0.05, 0.1) is 13.4 Å². The van der Waals surface area contributed by atoms with Crippen molar-refractivity contribution in [1.29, 1.82) is 0 Å². The molecule has 0 N–H and O–H groups in total. The van der Waals surface area contributed by atoms with Gasteiger partial charge < -0.3 is 4.74 Å². The molecule has 1 rings (SSSR count). The van der Waals surface area contributed by atoms with Crippen LogP contribution >= 0.6 is 0 Å². The lowest BCUT2D eigenvalue weighted by atomic mass is 10.3. The van der Waals surface area contributed by atoms with E-state index in [9.17, 15) is 0 Å². The van der Waals surface area contributed by atoms with Gasteiger partial charge in [0.25, 0.3) is 0 Å². The number of methoxy groups -OCH3 is 1. The molecule has 1 heterocycles. The topological polar surface area (TPSA) is 26.6 Å². The van der Waals surface area contributed by atoms with Crippen molar-refractivity contribution in [2.45, 2.75) is 6.42 Å². The summed E-state index contributed by atoms with van der Waals surface area (Å²) in [5.41, 5.74) is 0. The van der Waals surface area contributed by atoms with Gasteiger partial charge in [-0.25, -0.2) is 5.32 Å². The van der Waals surface area contributed by atoms with Crippen LogP contribution in [0.5, 0.6) is 0 Å². The SMILES string of the molecule is COCN1CCC[N]C1. The van der Waals surface area contributed by atoms with E-state index >= 15 is 0 Å². The molecular weight excluding hydrogens is 116 g/mol. The smallest absolute Gasteiger partial charge is 0.0997 e. The van der Waals surface area contributed by atoms with Gasteiger partial charge in [-0.3, -0.25) is 4.90 Å². The minimum absolute atomic E-state index is 0.726. The van der Waals surface area contributed by atoms with Crippen molar-refractivity contribution in [3.05, 3.63) is 0 Å². The molecular formula is C6H13N2O. The fraction of sp³-hybridized carbons (Fsp3) is 1.00. The molecule has 3 nitrogen and oxygen atoms in total. The van der Waals surface area contributed by atoms with Gasteiger partial charge in [-0.05, 0) is 6.42 Å². The monoisotopic (exact) mass is 129 g/mol. The molecule has 53 valence electrons. The largest absolute Gasteiger partial charge is 0.369 e. The van der Waals surface area contributed by atoms with Gasteiger partial charge in [-0.2, -0.15) is 0 Å². The second-order valence-corrected chi connectivity index (χ2v) is 2.25. The van der Waals surface area contributed by atoms with Crippen LogP contribution in [0.3, 0.4) is 0 Å². The maximum atomic E-state index is 4.95. The van der Waals surface area contributed by atoms with Gasteiger partial charge >= 0.3 is 0 Å². The Morgan fingerprint density at radius 1 is 1.67 bits per heavy atom. The van der Waals surface area contributed by atoms with Gasteiger partial charge in [0.2, 0.25) is 0 Å². The molecule has 1 aliphatic rings. The Balaban J connectivity index is 2.08. The van der Waals surface area contributed by atoms with Crippen LogP contribution in [0.4, 0.5) is 0 Å². The maximum absolute atomic E-state index is 4.95. The van der Waals surface area contributed by atoms with Crippen molar-refractivity contribution in [1.82, 2.24) is 10.2 Å². The zero-order valence-corrected chi connectivity index (χ0v) is 5.84. The molecule has 0 atom stereocenters. The van der Waals surface area contributed by atoms with Crippen molar-refractivity contribution >= 4 is 0 Å². The highest BCUT2D eigenvalue weighted by Crippen LogP contribution is 1.95. The molecule has 3 heteroatoms. The highest BCUT2D eigenvalue weighted by atomic mass is 16.5. The Bertz CT molecular complexity index is 68.7. The summed E-state index contributed by atoms with van der Waals surface area (Å²) in [6.07, 6.45) is 1.18. The summed E-state index contributed by atoms with van der Waals surface area (Å²) in [4.78, 5) is 2.18. The summed E-state index contributed by atoms with van der Waals surface area (Å²) in [5.74, 6) is 0. The normalized spacial score (nSPS) is 22.3. The van der Waals surface area contributed by atoms with E-state index < -0.39 is 0 Å². The summed E-state index contributed by atoms with van der Waals surface area (Å²) in [5, 5.41) is 4.22. The molecule has 1 fully saturated rings. The van der Waals surface area contributed by atoms with E-state index in [-0.39, 0.29) is 0 Å². The van der Waals surface area contributed by atoms with E-state index in [1.807, 2.05) is 0 Å². The fourth-order valence-corrected chi connectivity index (χ4v) is 0.977. The number of rotatable bonds is 2. The zero-order valence-electron chi connectivity index (χ0n) is 5.84. The molecule has 0 aliphatic carbocycles. The standard InChI is InChI=1S/C6H13N2O/c1-9-6-8-4-2-3-7-5-8/h2-6H2,1H3. The molecule has 0 aromatic carbocycles. The lowest BCUT2D eigenvalue weighted by Gasteiger charge is -2.24. The minimum Gasteiger partial charge on any atom is -0.369 e. The molecule has 0 bridgehead atoms. The summed E-state index contributed by atoms with van der Waals surface area (Å²) >= 11 is 0. The Labute approximate surface area is 56.0 Å². The lowest BCUT2D eigenvalue weighted by Crippen LogP contribution is -2.38. The van der Waals surface area contributed by atoms with Crippen molar-refractivity contribution < 1.29 is 4.74 Å². The summed E-state index contributed by atoms with van der Waals surface area (Å²) < 4.78 is 4.95. The Kier molecular flexibility index (Phi) is 2.97. The van der Waals surface area contributed by atoms with Gasteiger partial charge in [-0.1, -0.05) is 0 Å². The van der Waals surface area contributed by atoms with Crippen LogP contribution in [-0.2, 0) is 4.74 Å². The van der Waals surface area contributed by atoms with Crippen LogP contribution < -0.4 is 5.32 Å². The van der Waals surface area contributed by atoms with E-state index in [4.69, 9.17) is 4.74 Å². The zero-order chi connectivity index (χ0) is 6.53. The van der Waals surface area contributed by atoms with Gasteiger partial charge in [0, 0.05) is 20.2 Å². The number of hydrogen-bond acceptors (Lipinski definition) is 2. The first kappa shape index (κ1) is 6.99. The summed E-state index contributed by atoms with van der Waals surface area (Å²) in [6.45, 7) is 3.74. The van der Waals surface area contributed by atoms with Crippen molar-refractivity contribution in [2.24, 2.45) is 0 Å². The van der Waals surface area contributed by atoms with Crippen molar-refractivity contribution in [3.8, 4) is 0 Å². The van der Waals surface area contributed by atoms with Gasteiger partial charge in [-0.15, -0.1) is 0 Å². The summed E-state index contributed by atoms with van der Waals surface area (Å²) in [7, 11) is 1.72. The Morgan fingerprint density at radius 3 is 3.11 bits per heavy atom. The fourth-order valence-electron chi connectivity index (χ4n) is 0.977. The van der Waals surface area contributed by atoms with E-state index in [1.165, 1.54) is 6.42 Å². The quantitative estimate of drug-likeness (QED) is 0.518. The molecule has 1 aliphatic heterocycles.